The SMILES string of the molecule is CCC(N)(O)c1coc(-c2ccc(F)cc2)n1. The van der Waals surface area contributed by atoms with Crippen LogP contribution >= 0.6 is 0 Å². The van der Waals surface area contributed by atoms with Crippen LogP contribution in [-0.4, -0.2) is 10.1 Å². The zero-order valence-electron chi connectivity index (χ0n) is 9.35. The first-order valence-corrected chi connectivity index (χ1v) is 5.26. The molecule has 5 heteroatoms. The van der Waals surface area contributed by atoms with Gasteiger partial charge in [0.05, 0.1) is 0 Å². The van der Waals surface area contributed by atoms with Crippen LogP contribution < -0.4 is 5.73 Å². The molecule has 1 atom stereocenters. The van der Waals surface area contributed by atoms with Crippen LogP contribution in [0.4, 0.5) is 4.39 Å². The summed E-state index contributed by atoms with van der Waals surface area (Å²) in [7, 11) is 0. The highest BCUT2D eigenvalue weighted by molar-refractivity contribution is 5.52. The second kappa shape index (κ2) is 4.27. The number of nitrogens with two attached hydrogens (primary N) is 1. The van der Waals surface area contributed by atoms with Gasteiger partial charge in [-0.2, -0.15) is 0 Å². The van der Waals surface area contributed by atoms with E-state index in [0.29, 0.717) is 17.9 Å². The molecule has 3 N–H and O–H groups in total. The largest absolute Gasteiger partial charge is 0.444 e. The Hall–Kier alpha value is -1.72. The van der Waals surface area contributed by atoms with Crippen LogP contribution in [0.2, 0.25) is 0 Å². The molecule has 0 spiro atoms. The van der Waals surface area contributed by atoms with Crippen molar-refractivity contribution in [2.45, 2.75) is 19.1 Å². The predicted molar refractivity (Wildman–Crippen MR) is 60.3 cm³/mol. The van der Waals surface area contributed by atoms with Crippen LogP contribution in [0.3, 0.4) is 0 Å². The van der Waals surface area contributed by atoms with Crippen LogP contribution in [0, 0.1) is 5.82 Å². The van der Waals surface area contributed by atoms with E-state index in [1.807, 2.05) is 0 Å². The number of oxazole rings is 1. The third kappa shape index (κ3) is 2.35. The summed E-state index contributed by atoms with van der Waals surface area (Å²) >= 11 is 0. The summed E-state index contributed by atoms with van der Waals surface area (Å²) in [6.45, 7) is 1.74. The van der Waals surface area contributed by atoms with Gasteiger partial charge < -0.3 is 9.52 Å². The predicted octanol–water partition coefficient (Wildman–Crippen LogP) is 1.99. The average molecular weight is 236 g/mol. The van der Waals surface area contributed by atoms with Crippen molar-refractivity contribution < 1.29 is 13.9 Å². The van der Waals surface area contributed by atoms with E-state index >= 15 is 0 Å². The van der Waals surface area contributed by atoms with E-state index < -0.39 is 5.72 Å². The molecular weight excluding hydrogens is 223 g/mol. The van der Waals surface area contributed by atoms with E-state index in [0.717, 1.165) is 0 Å². The quantitative estimate of drug-likeness (QED) is 0.799. The lowest BCUT2D eigenvalue weighted by Gasteiger charge is -2.16. The van der Waals surface area contributed by atoms with Crippen LogP contribution in [0.1, 0.15) is 19.0 Å². The van der Waals surface area contributed by atoms with Gasteiger partial charge in [-0.05, 0) is 30.7 Å². The summed E-state index contributed by atoms with van der Waals surface area (Å²) < 4.78 is 17.9. The Labute approximate surface area is 97.9 Å². The standard InChI is InChI=1S/C12H13FN2O2/c1-2-12(14,16)10-7-17-11(15-10)8-3-5-9(13)6-4-8/h3-7,16H,2,14H2,1H3. The number of hydrogen-bond acceptors (Lipinski definition) is 4. The molecular formula is C12H13FN2O2. The van der Waals surface area contributed by atoms with Crippen molar-refractivity contribution in [2.24, 2.45) is 5.73 Å². The smallest absolute Gasteiger partial charge is 0.226 e. The van der Waals surface area contributed by atoms with Gasteiger partial charge in [0.2, 0.25) is 5.89 Å². The van der Waals surface area contributed by atoms with Gasteiger partial charge in [0.25, 0.3) is 0 Å². The number of aliphatic hydroxyl groups is 1. The third-order valence-corrected chi connectivity index (χ3v) is 2.58. The fraction of sp³-hybridized carbons (Fsp3) is 0.250. The Morgan fingerprint density at radius 3 is 2.65 bits per heavy atom. The highest BCUT2D eigenvalue weighted by Crippen LogP contribution is 2.24. The van der Waals surface area contributed by atoms with Crippen LogP contribution in [-0.2, 0) is 5.72 Å². The minimum atomic E-state index is -1.50. The molecule has 0 radical (unpaired) electrons. The Balaban J connectivity index is 2.33. The normalized spacial score (nSPS) is 14.6. The molecule has 2 rings (SSSR count). The molecule has 1 unspecified atom stereocenters. The Morgan fingerprint density at radius 2 is 2.06 bits per heavy atom. The molecule has 90 valence electrons. The summed E-state index contributed by atoms with van der Waals surface area (Å²) in [6.07, 6.45) is 1.63. The number of nitrogens with zero attached hydrogens (tertiary/aromatic N) is 1. The van der Waals surface area contributed by atoms with Gasteiger partial charge in [-0.25, -0.2) is 9.37 Å². The van der Waals surface area contributed by atoms with Crippen LogP contribution in [0.25, 0.3) is 11.5 Å². The first kappa shape index (κ1) is 11.8. The molecule has 17 heavy (non-hydrogen) atoms. The lowest BCUT2D eigenvalue weighted by molar-refractivity contribution is 0.0349. The fourth-order valence-electron chi connectivity index (χ4n) is 1.38. The van der Waals surface area contributed by atoms with Gasteiger partial charge >= 0.3 is 0 Å². The summed E-state index contributed by atoms with van der Waals surface area (Å²) in [4.78, 5) is 4.09. The number of halogens is 1. The minimum absolute atomic E-state index is 0.263. The monoisotopic (exact) mass is 236 g/mol. The zero-order valence-corrected chi connectivity index (χ0v) is 9.35. The Kier molecular flexibility index (Phi) is 2.95. The molecule has 0 aliphatic heterocycles. The van der Waals surface area contributed by atoms with E-state index in [9.17, 15) is 9.50 Å². The molecule has 1 heterocycles. The second-order valence-electron chi connectivity index (χ2n) is 3.82. The number of aromatic nitrogens is 1. The summed E-state index contributed by atoms with van der Waals surface area (Å²) in [5.41, 5.74) is 5.02. The van der Waals surface area contributed by atoms with Gasteiger partial charge in [0, 0.05) is 5.56 Å². The number of benzene rings is 1. The van der Waals surface area contributed by atoms with Crippen molar-refractivity contribution >= 4 is 0 Å². The van der Waals surface area contributed by atoms with Gasteiger partial charge in [-0.1, -0.05) is 6.92 Å². The Bertz CT molecular complexity index is 505. The van der Waals surface area contributed by atoms with Crippen molar-refractivity contribution in [3.63, 3.8) is 0 Å². The molecule has 0 fully saturated rings. The Morgan fingerprint density at radius 1 is 1.41 bits per heavy atom. The van der Waals surface area contributed by atoms with E-state index in [1.165, 1.54) is 18.4 Å². The maximum atomic E-state index is 12.7. The van der Waals surface area contributed by atoms with E-state index in [4.69, 9.17) is 10.2 Å². The molecule has 0 bridgehead atoms. The highest BCUT2D eigenvalue weighted by Gasteiger charge is 2.25. The first-order chi connectivity index (χ1) is 8.03. The van der Waals surface area contributed by atoms with Gasteiger partial charge in [0.1, 0.15) is 17.8 Å². The van der Waals surface area contributed by atoms with Crippen LogP contribution in [0.15, 0.2) is 34.9 Å². The second-order valence-corrected chi connectivity index (χ2v) is 3.82. The molecule has 0 amide bonds. The molecule has 4 nitrogen and oxygen atoms in total. The fourth-order valence-corrected chi connectivity index (χ4v) is 1.38. The molecule has 0 aliphatic rings. The van der Waals surface area contributed by atoms with E-state index in [2.05, 4.69) is 4.98 Å². The highest BCUT2D eigenvalue weighted by atomic mass is 19.1. The maximum absolute atomic E-state index is 12.7. The van der Waals surface area contributed by atoms with Gasteiger partial charge in [0.15, 0.2) is 5.72 Å². The third-order valence-electron chi connectivity index (χ3n) is 2.58. The molecule has 1 aromatic heterocycles. The number of rotatable bonds is 3. The lowest BCUT2D eigenvalue weighted by Crippen LogP contribution is -2.35. The molecule has 0 aliphatic carbocycles. The van der Waals surface area contributed by atoms with Crippen LogP contribution in [0.5, 0.6) is 0 Å². The van der Waals surface area contributed by atoms with E-state index in [1.54, 1.807) is 19.1 Å². The lowest BCUT2D eigenvalue weighted by atomic mass is 10.1. The maximum Gasteiger partial charge on any atom is 0.226 e. The van der Waals surface area contributed by atoms with Crippen molar-refractivity contribution in [2.75, 3.05) is 0 Å². The minimum Gasteiger partial charge on any atom is -0.444 e. The molecule has 1 aromatic carbocycles. The summed E-state index contributed by atoms with van der Waals surface area (Å²) in [5, 5.41) is 9.79. The first-order valence-electron chi connectivity index (χ1n) is 5.26. The van der Waals surface area contributed by atoms with Crippen molar-refractivity contribution in [1.82, 2.24) is 4.98 Å². The van der Waals surface area contributed by atoms with E-state index in [-0.39, 0.29) is 11.5 Å². The van der Waals surface area contributed by atoms with Gasteiger partial charge in [-0.3, -0.25) is 5.73 Å². The molecule has 0 saturated heterocycles. The van der Waals surface area contributed by atoms with Crippen molar-refractivity contribution in [3.8, 4) is 11.5 Å². The summed E-state index contributed by atoms with van der Waals surface area (Å²) in [5.74, 6) is -0.0262. The number of hydrogen-bond donors (Lipinski definition) is 2. The topological polar surface area (TPSA) is 72.3 Å². The molecule has 2 aromatic rings. The summed E-state index contributed by atoms with van der Waals surface area (Å²) in [6, 6.07) is 5.72. The zero-order chi connectivity index (χ0) is 12.5. The molecule has 0 saturated carbocycles. The van der Waals surface area contributed by atoms with Gasteiger partial charge in [-0.15, -0.1) is 0 Å². The van der Waals surface area contributed by atoms with Crippen molar-refractivity contribution in [3.05, 3.63) is 42.0 Å². The average Bonchev–Trinajstić information content (AvgIpc) is 2.80. The van der Waals surface area contributed by atoms with Crippen molar-refractivity contribution in [1.29, 1.82) is 0 Å².